The van der Waals surface area contributed by atoms with Crippen LogP contribution in [0.3, 0.4) is 0 Å². The van der Waals surface area contributed by atoms with Crippen molar-refractivity contribution >= 4 is 39.0 Å². The van der Waals surface area contributed by atoms with E-state index in [2.05, 4.69) is 25.1 Å². The Labute approximate surface area is 172 Å². The number of nitrogens with zero attached hydrogens (tertiary/aromatic N) is 4. The Morgan fingerprint density at radius 2 is 1.97 bits per heavy atom. The van der Waals surface area contributed by atoms with Gasteiger partial charge >= 0.3 is 0 Å². The summed E-state index contributed by atoms with van der Waals surface area (Å²) in [6.07, 6.45) is 5.15. The van der Waals surface area contributed by atoms with E-state index in [-0.39, 0.29) is 18.1 Å². The maximum atomic E-state index is 13.7. The van der Waals surface area contributed by atoms with Crippen LogP contribution in [0, 0.1) is 5.82 Å². The third-order valence-electron chi connectivity index (χ3n) is 5.67. The summed E-state index contributed by atoms with van der Waals surface area (Å²) in [5.41, 5.74) is 1.66. The summed E-state index contributed by atoms with van der Waals surface area (Å²) in [6, 6.07) is 6.24. The number of fused-ring (bicyclic) bond motifs is 3. The number of carbonyl (C=O) groups excluding carboxylic acids is 1. The number of hydrogen-bond donors (Lipinski definition) is 1. The summed E-state index contributed by atoms with van der Waals surface area (Å²) in [6.45, 7) is 3.41. The third kappa shape index (κ3) is 3.58. The zero-order chi connectivity index (χ0) is 19.8. The van der Waals surface area contributed by atoms with Crippen molar-refractivity contribution in [1.82, 2.24) is 14.9 Å². The van der Waals surface area contributed by atoms with Gasteiger partial charge in [0, 0.05) is 31.1 Å². The molecular formula is C21H22FN5OS. The highest BCUT2D eigenvalue weighted by Gasteiger charge is 2.26. The second-order valence-corrected chi connectivity index (χ2v) is 8.61. The minimum absolute atomic E-state index is 0.191. The SMILES string of the molecule is O=C(CN1CCN(c2ncnc3sc4c(c23)CCC4)CC1)Nc1ccccc1F. The fraction of sp³-hybridized carbons (Fsp3) is 0.381. The first-order valence-corrected chi connectivity index (χ1v) is 10.8. The van der Waals surface area contributed by atoms with E-state index >= 15 is 0 Å². The fourth-order valence-electron chi connectivity index (χ4n) is 4.22. The van der Waals surface area contributed by atoms with Crippen LogP contribution in [0.2, 0.25) is 0 Å². The molecule has 1 fully saturated rings. The number of anilines is 2. The molecular weight excluding hydrogens is 389 g/mol. The fourth-order valence-corrected chi connectivity index (χ4v) is 5.45. The molecule has 1 N–H and O–H groups in total. The van der Waals surface area contributed by atoms with Gasteiger partial charge in [0.05, 0.1) is 17.6 Å². The minimum Gasteiger partial charge on any atom is -0.353 e. The first-order valence-electron chi connectivity index (χ1n) is 9.96. The number of carbonyl (C=O) groups is 1. The first-order chi connectivity index (χ1) is 14.2. The maximum absolute atomic E-state index is 13.7. The minimum atomic E-state index is -0.415. The Morgan fingerprint density at radius 3 is 2.79 bits per heavy atom. The zero-order valence-corrected chi connectivity index (χ0v) is 16.8. The Morgan fingerprint density at radius 1 is 1.14 bits per heavy atom. The summed E-state index contributed by atoms with van der Waals surface area (Å²) < 4.78 is 13.7. The quantitative estimate of drug-likeness (QED) is 0.715. The van der Waals surface area contributed by atoms with Crippen LogP contribution in [0.25, 0.3) is 10.2 Å². The number of aromatic nitrogens is 2. The highest BCUT2D eigenvalue weighted by molar-refractivity contribution is 7.19. The molecule has 1 saturated heterocycles. The van der Waals surface area contributed by atoms with Crippen LogP contribution in [0.4, 0.5) is 15.9 Å². The van der Waals surface area contributed by atoms with E-state index in [0.29, 0.717) is 0 Å². The Balaban J connectivity index is 1.24. The van der Waals surface area contributed by atoms with Gasteiger partial charge < -0.3 is 10.2 Å². The van der Waals surface area contributed by atoms with Crippen LogP contribution >= 0.6 is 11.3 Å². The monoisotopic (exact) mass is 411 g/mol. The molecule has 150 valence electrons. The number of amides is 1. The van der Waals surface area contributed by atoms with E-state index in [4.69, 9.17) is 0 Å². The number of aryl methyl sites for hydroxylation is 2. The van der Waals surface area contributed by atoms with Gasteiger partial charge in [-0.1, -0.05) is 12.1 Å². The lowest BCUT2D eigenvalue weighted by molar-refractivity contribution is -0.117. The summed E-state index contributed by atoms with van der Waals surface area (Å²) in [5.74, 6) is 0.426. The third-order valence-corrected chi connectivity index (χ3v) is 6.87. The number of nitrogens with one attached hydrogen (secondary N) is 1. The van der Waals surface area contributed by atoms with Crippen LogP contribution in [0.5, 0.6) is 0 Å². The highest BCUT2D eigenvalue weighted by Crippen LogP contribution is 2.40. The van der Waals surface area contributed by atoms with Gasteiger partial charge in [0.25, 0.3) is 0 Å². The smallest absolute Gasteiger partial charge is 0.238 e. The van der Waals surface area contributed by atoms with E-state index in [1.165, 1.54) is 28.3 Å². The lowest BCUT2D eigenvalue weighted by Gasteiger charge is -2.35. The Hall–Kier alpha value is -2.58. The molecule has 3 heterocycles. The van der Waals surface area contributed by atoms with Crippen LogP contribution < -0.4 is 10.2 Å². The molecule has 1 aliphatic heterocycles. The molecule has 8 heteroatoms. The van der Waals surface area contributed by atoms with Crippen LogP contribution in [0.1, 0.15) is 16.9 Å². The molecule has 1 amide bonds. The number of para-hydroxylation sites is 1. The lowest BCUT2D eigenvalue weighted by Crippen LogP contribution is -2.49. The van der Waals surface area contributed by atoms with Gasteiger partial charge in [0.15, 0.2) is 0 Å². The second-order valence-electron chi connectivity index (χ2n) is 7.53. The van der Waals surface area contributed by atoms with Crippen molar-refractivity contribution in [3.63, 3.8) is 0 Å². The number of halogens is 1. The molecule has 0 saturated carbocycles. The standard InChI is InChI=1S/C21H22FN5OS/c22-15-5-1-2-6-16(15)25-18(28)12-26-8-10-27(11-9-26)20-19-14-4-3-7-17(14)29-21(19)24-13-23-20/h1-2,5-6,13H,3-4,7-12H2,(H,25,28). The van der Waals surface area contributed by atoms with Crippen LogP contribution in [0.15, 0.2) is 30.6 Å². The van der Waals surface area contributed by atoms with Crippen molar-refractivity contribution in [2.75, 3.05) is 42.9 Å². The molecule has 2 aromatic heterocycles. The van der Waals surface area contributed by atoms with E-state index in [1.807, 2.05) is 0 Å². The molecule has 0 radical (unpaired) electrons. The zero-order valence-electron chi connectivity index (χ0n) is 16.0. The molecule has 0 atom stereocenters. The Bertz CT molecular complexity index is 1060. The van der Waals surface area contributed by atoms with Crippen molar-refractivity contribution < 1.29 is 9.18 Å². The Kier molecular flexibility index (Phi) is 4.89. The van der Waals surface area contributed by atoms with Crippen molar-refractivity contribution in [1.29, 1.82) is 0 Å². The molecule has 0 unspecified atom stereocenters. The van der Waals surface area contributed by atoms with E-state index in [1.54, 1.807) is 35.9 Å². The van der Waals surface area contributed by atoms with Crippen molar-refractivity contribution in [3.05, 3.63) is 46.9 Å². The molecule has 29 heavy (non-hydrogen) atoms. The van der Waals surface area contributed by atoms with Gasteiger partial charge in [-0.25, -0.2) is 14.4 Å². The van der Waals surface area contributed by atoms with Gasteiger partial charge in [0.2, 0.25) is 5.91 Å². The molecule has 1 aromatic carbocycles. The van der Waals surface area contributed by atoms with Crippen molar-refractivity contribution in [2.24, 2.45) is 0 Å². The molecule has 0 spiro atoms. The van der Waals surface area contributed by atoms with Gasteiger partial charge in [-0.05, 0) is 37.0 Å². The molecule has 5 rings (SSSR count). The van der Waals surface area contributed by atoms with Gasteiger partial charge in [-0.2, -0.15) is 0 Å². The van der Waals surface area contributed by atoms with E-state index in [9.17, 15) is 9.18 Å². The molecule has 1 aliphatic carbocycles. The predicted octanol–water partition coefficient (Wildman–Crippen LogP) is 3.08. The number of piperazine rings is 1. The molecule has 2 aliphatic rings. The normalized spacial score (nSPS) is 16.9. The molecule has 3 aromatic rings. The van der Waals surface area contributed by atoms with Crippen molar-refractivity contribution in [2.45, 2.75) is 19.3 Å². The van der Waals surface area contributed by atoms with Crippen molar-refractivity contribution in [3.8, 4) is 0 Å². The summed E-state index contributed by atoms with van der Waals surface area (Å²) in [5, 5.41) is 3.89. The van der Waals surface area contributed by atoms with Crippen LogP contribution in [-0.4, -0.2) is 53.5 Å². The predicted molar refractivity (Wildman–Crippen MR) is 113 cm³/mol. The number of benzene rings is 1. The van der Waals surface area contributed by atoms with Gasteiger partial charge in [0.1, 0.15) is 22.8 Å². The molecule has 6 nitrogen and oxygen atoms in total. The summed E-state index contributed by atoms with van der Waals surface area (Å²) in [7, 11) is 0. The summed E-state index contributed by atoms with van der Waals surface area (Å²) >= 11 is 1.80. The van der Waals surface area contributed by atoms with Gasteiger partial charge in [-0.3, -0.25) is 9.69 Å². The molecule has 0 bridgehead atoms. The second kappa shape index (κ2) is 7.68. The van der Waals surface area contributed by atoms with E-state index < -0.39 is 5.82 Å². The largest absolute Gasteiger partial charge is 0.353 e. The number of rotatable bonds is 4. The number of hydrogen-bond acceptors (Lipinski definition) is 6. The maximum Gasteiger partial charge on any atom is 0.238 e. The number of thiophene rings is 1. The van der Waals surface area contributed by atoms with Gasteiger partial charge in [-0.15, -0.1) is 11.3 Å². The lowest BCUT2D eigenvalue weighted by atomic mass is 10.1. The average molecular weight is 412 g/mol. The van der Waals surface area contributed by atoms with Crippen LogP contribution in [-0.2, 0) is 17.6 Å². The topological polar surface area (TPSA) is 61.4 Å². The first kappa shape index (κ1) is 18.4. The average Bonchev–Trinajstić information content (AvgIpc) is 3.31. The summed E-state index contributed by atoms with van der Waals surface area (Å²) in [4.78, 5) is 28.4. The van der Waals surface area contributed by atoms with E-state index in [0.717, 1.165) is 49.7 Å². The highest BCUT2D eigenvalue weighted by atomic mass is 32.1.